The van der Waals surface area contributed by atoms with Gasteiger partial charge in [-0.25, -0.2) is 4.98 Å². The predicted octanol–water partition coefficient (Wildman–Crippen LogP) is 5.67. The van der Waals surface area contributed by atoms with Crippen molar-refractivity contribution >= 4 is 33.4 Å². The summed E-state index contributed by atoms with van der Waals surface area (Å²) in [5.74, 6) is 0.990. The highest BCUT2D eigenvalue weighted by Gasteiger charge is 2.15. The fourth-order valence-electron chi connectivity index (χ4n) is 3.62. The maximum atomic E-state index is 12.6. The Labute approximate surface area is 199 Å². The molecule has 3 aromatic rings. The summed E-state index contributed by atoms with van der Waals surface area (Å²) in [5.41, 5.74) is 4.03. The molecule has 0 aliphatic rings. The van der Waals surface area contributed by atoms with Gasteiger partial charge in [0, 0.05) is 29.4 Å². The van der Waals surface area contributed by atoms with Gasteiger partial charge in [0.05, 0.1) is 40.4 Å². The molecule has 1 aromatic carbocycles. The van der Waals surface area contributed by atoms with Crippen LogP contribution >= 0.6 is 11.6 Å². The van der Waals surface area contributed by atoms with Gasteiger partial charge in [0.25, 0.3) is 0 Å². The third-order valence-electron chi connectivity index (χ3n) is 5.36. The molecule has 0 aliphatic heterocycles. The van der Waals surface area contributed by atoms with E-state index in [1.165, 1.54) is 0 Å². The first-order chi connectivity index (χ1) is 15.1. The number of benzene rings is 1. The Morgan fingerprint density at radius 2 is 1.84 bits per heavy atom. The van der Waals surface area contributed by atoms with Crippen LogP contribution in [-0.4, -0.2) is 49.8 Å². The summed E-state index contributed by atoms with van der Waals surface area (Å²) in [7, 11) is 0.274. The van der Waals surface area contributed by atoms with Gasteiger partial charge in [0.15, 0.2) is 5.16 Å². The molecular formula is C24H35ClN4O2S. The lowest BCUT2D eigenvalue weighted by molar-refractivity contribution is 0.185. The fourth-order valence-corrected chi connectivity index (χ4v) is 4.87. The van der Waals surface area contributed by atoms with Crippen molar-refractivity contribution in [2.75, 3.05) is 13.7 Å². The molecule has 0 saturated heterocycles. The molecule has 0 fully saturated rings. The first kappa shape index (κ1) is 26.3. The standard InChI is InChI=1S/C16H16ClN3O2S.C8H19N/c1-9-7-18-14(10(2)15(9)17)8-23(21)16-19-12-5-4-11(22-3)6-13(12)20-16;1-6-9(7(2)3)8(4)5/h4-7H,8H2,1-3H3,(H,19,20);7-8H,6H2,1-5H3. The number of fused-ring (bicyclic) bond motifs is 1. The second kappa shape index (κ2) is 11.8. The maximum absolute atomic E-state index is 12.6. The molecule has 3 rings (SSSR count). The molecule has 176 valence electrons. The van der Waals surface area contributed by atoms with Crippen molar-refractivity contribution < 1.29 is 8.95 Å². The first-order valence-electron chi connectivity index (χ1n) is 10.9. The van der Waals surface area contributed by atoms with E-state index in [1.807, 2.05) is 32.0 Å². The van der Waals surface area contributed by atoms with Crippen LogP contribution in [0.1, 0.15) is 51.4 Å². The number of aryl methyl sites for hydroxylation is 1. The average Bonchev–Trinajstić information content (AvgIpc) is 3.18. The van der Waals surface area contributed by atoms with Gasteiger partial charge in [0.1, 0.15) is 5.75 Å². The van der Waals surface area contributed by atoms with Gasteiger partial charge in [-0.3, -0.25) is 14.1 Å². The summed E-state index contributed by atoms with van der Waals surface area (Å²) >= 11 is 6.23. The Kier molecular flexibility index (Phi) is 9.67. The molecule has 32 heavy (non-hydrogen) atoms. The Hall–Kier alpha value is -1.96. The number of H-pyrrole nitrogens is 1. The Morgan fingerprint density at radius 3 is 2.38 bits per heavy atom. The zero-order valence-corrected chi connectivity index (χ0v) is 21.9. The second-order valence-corrected chi connectivity index (χ2v) is 10.0. The minimum atomic E-state index is -1.33. The van der Waals surface area contributed by atoms with Gasteiger partial charge in [-0.05, 0) is 71.3 Å². The molecule has 2 aromatic heterocycles. The minimum absolute atomic E-state index is 0.267. The zero-order valence-electron chi connectivity index (χ0n) is 20.3. The summed E-state index contributed by atoms with van der Waals surface area (Å²) in [5, 5.41) is 1.09. The van der Waals surface area contributed by atoms with Crippen molar-refractivity contribution in [3.63, 3.8) is 0 Å². The first-order valence-corrected chi connectivity index (χ1v) is 12.6. The number of pyridine rings is 1. The van der Waals surface area contributed by atoms with Crippen LogP contribution < -0.4 is 4.74 Å². The molecule has 0 spiro atoms. The number of methoxy groups -OCH3 is 1. The molecule has 1 unspecified atom stereocenters. The molecule has 0 saturated carbocycles. The van der Waals surface area contributed by atoms with Crippen LogP contribution in [0.25, 0.3) is 11.0 Å². The number of aromatic amines is 1. The minimum Gasteiger partial charge on any atom is -0.497 e. The van der Waals surface area contributed by atoms with Crippen LogP contribution in [0.5, 0.6) is 5.75 Å². The van der Waals surface area contributed by atoms with Crippen molar-refractivity contribution in [2.45, 2.75) is 71.5 Å². The average molecular weight is 479 g/mol. The van der Waals surface area contributed by atoms with Gasteiger partial charge in [0.2, 0.25) is 0 Å². The van der Waals surface area contributed by atoms with E-state index in [2.05, 4.69) is 54.5 Å². The van der Waals surface area contributed by atoms with E-state index in [0.717, 1.165) is 40.1 Å². The Morgan fingerprint density at radius 1 is 1.19 bits per heavy atom. The second-order valence-electron chi connectivity index (χ2n) is 8.26. The highest BCUT2D eigenvalue weighted by Crippen LogP contribution is 2.24. The number of nitrogens with zero attached hydrogens (tertiary/aromatic N) is 3. The highest BCUT2D eigenvalue weighted by molar-refractivity contribution is 7.84. The predicted molar refractivity (Wildman–Crippen MR) is 134 cm³/mol. The van der Waals surface area contributed by atoms with Crippen LogP contribution in [0.3, 0.4) is 0 Å². The molecule has 0 radical (unpaired) electrons. The lowest BCUT2D eigenvalue weighted by Crippen LogP contribution is -2.36. The van der Waals surface area contributed by atoms with Crippen molar-refractivity contribution in [1.82, 2.24) is 19.9 Å². The summed E-state index contributed by atoms with van der Waals surface area (Å²) < 4.78 is 17.8. The number of hydrogen-bond acceptors (Lipinski definition) is 5. The normalized spacial score (nSPS) is 12.4. The highest BCUT2D eigenvalue weighted by atomic mass is 35.5. The smallest absolute Gasteiger partial charge is 0.197 e. The van der Waals surface area contributed by atoms with Crippen LogP contribution in [0, 0.1) is 13.8 Å². The number of rotatable bonds is 7. The van der Waals surface area contributed by atoms with Gasteiger partial charge < -0.3 is 9.72 Å². The summed E-state index contributed by atoms with van der Waals surface area (Å²) in [6.45, 7) is 16.1. The number of ether oxygens (including phenoxy) is 1. The summed E-state index contributed by atoms with van der Waals surface area (Å²) in [6, 6.07) is 6.86. The Balaban J connectivity index is 0.000000344. The molecule has 2 heterocycles. The topological polar surface area (TPSA) is 71.1 Å². The fraction of sp³-hybridized carbons (Fsp3) is 0.500. The number of imidazole rings is 1. The molecular weight excluding hydrogens is 444 g/mol. The van der Waals surface area contributed by atoms with Crippen molar-refractivity contribution in [1.29, 1.82) is 0 Å². The van der Waals surface area contributed by atoms with Gasteiger partial charge in [-0.1, -0.05) is 18.5 Å². The van der Waals surface area contributed by atoms with Crippen molar-refractivity contribution in [2.24, 2.45) is 0 Å². The number of aromatic nitrogens is 3. The van der Waals surface area contributed by atoms with E-state index in [0.29, 0.717) is 22.3 Å². The molecule has 1 atom stereocenters. The van der Waals surface area contributed by atoms with E-state index in [4.69, 9.17) is 16.3 Å². The van der Waals surface area contributed by atoms with Gasteiger partial charge in [-0.15, -0.1) is 0 Å². The third kappa shape index (κ3) is 6.53. The molecule has 8 heteroatoms. The largest absolute Gasteiger partial charge is 0.497 e. The lowest BCUT2D eigenvalue weighted by atomic mass is 10.2. The Bertz CT molecular complexity index is 1060. The summed E-state index contributed by atoms with van der Waals surface area (Å²) in [6.07, 6.45) is 1.70. The van der Waals surface area contributed by atoms with Gasteiger partial charge in [-0.2, -0.15) is 0 Å². The van der Waals surface area contributed by atoms with E-state index >= 15 is 0 Å². The van der Waals surface area contributed by atoms with Crippen LogP contribution in [-0.2, 0) is 16.6 Å². The number of halogens is 1. The van der Waals surface area contributed by atoms with Gasteiger partial charge >= 0.3 is 0 Å². The molecule has 0 amide bonds. The molecule has 1 N–H and O–H groups in total. The molecule has 0 bridgehead atoms. The van der Waals surface area contributed by atoms with E-state index in [1.54, 1.807) is 13.3 Å². The number of nitrogens with one attached hydrogen (secondary N) is 1. The van der Waals surface area contributed by atoms with Crippen molar-refractivity contribution in [3.05, 3.63) is 46.2 Å². The quantitative estimate of drug-likeness (QED) is 0.473. The van der Waals surface area contributed by atoms with E-state index < -0.39 is 10.8 Å². The van der Waals surface area contributed by atoms with E-state index in [9.17, 15) is 4.21 Å². The van der Waals surface area contributed by atoms with Crippen LogP contribution in [0.15, 0.2) is 29.6 Å². The maximum Gasteiger partial charge on any atom is 0.197 e. The molecule has 6 nitrogen and oxygen atoms in total. The van der Waals surface area contributed by atoms with E-state index in [-0.39, 0.29) is 5.75 Å². The lowest BCUT2D eigenvalue weighted by Gasteiger charge is -2.28. The number of hydrogen-bond donors (Lipinski definition) is 1. The zero-order chi connectivity index (χ0) is 24.0. The van der Waals surface area contributed by atoms with Crippen molar-refractivity contribution in [3.8, 4) is 5.75 Å². The van der Waals surface area contributed by atoms with Crippen LogP contribution in [0.2, 0.25) is 5.02 Å². The molecule has 0 aliphatic carbocycles. The summed E-state index contributed by atoms with van der Waals surface area (Å²) in [4.78, 5) is 14.3. The van der Waals surface area contributed by atoms with Crippen LogP contribution in [0.4, 0.5) is 0 Å². The third-order valence-corrected chi connectivity index (χ3v) is 7.11. The monoisotopic (exact) mass is 478 g/mol. The SMILES string of the molecule is CCN(C(C)C)C(C)C.COc1ccc2nc(S(=O)Cc3ncc(C)c(Cl)c3C)[nH]c2c1.